The Morgan fingerprint density at radius 2 is 1.62 bits per heavy atom. The van der Waals surface area contributed by atoms with E-state index in [1.807, 2.05) is 44.2 Å². The van der Waals surface area contributed by atoms with Gasteiger partial charge in [-0.1, -0.05) is 71.0 Å². The van der Waals surface area contributed by atoms with Crippen LogP contribution < -0.4 is 0 Å². The smallest absolute Gasteiger partial charge is 0.344 e. The van der Waals surface area contributed by atoms with Crippen molar-refractivity contribution in [1.29, 1.82) is 0 Å². The van der Waals surface area contributed by atoms with Crippen molar-refractivity contribution in [3.8, 4) is 0 Å². The zero-order chi connectivity index (χ0) is 35.5. The van der Waals surface area contributed by atoms with Gasteiger partial charge in [-0.2, -0.15) is 0 Å². The van der Waals surface area contributed by atoms with Crippen molar-refractivity contribution < 1.29 is 69.1 Å². The fourth-order valence-corrected chi connectivity index (χ4v) is 6.45. The number of benzene rings is 1. The van der Waals surface area contributed by atoms with E-state index in [1.165, 1.54) is 0 Å². The fraction of sp³-hybridized carbons (Fsp3) is 0.636. The number of carbonyl (C=O) groups excluding carboxylic acids is 1. The molecule has 2 aliphatic rings. The highest BCUT2D eigenvalue weighted by Crippen LogP contribution is 2.56. The van der Waals surface area contributed by atoms with Crippen molar-refractivity contribution in [1.82, 2.24) is 0 Å². The molecule has 47 heavy (non-hydrogen) atoms. The van der Waals surface area contributed by atoms with Crippen LogP contribution in [-0.4, -0.2) is 107 Å². The second-order valence-electron chi connectivity index (χ2n) is 13.0. The molecule has 7 N–H and O–H groups in total. The van der Waals surface area contributed by atoms with Crippen LogP contribution in [-0.2, 0) is 39.8 Å². The SMILES string of the molecule is C=C(CC[C@]12O[C@H](C(=O)O)[C@@](O)(C(=O)O)[C@](C(=O)O)(O1)[C@H](OC(=O)CC(O)C(C)CC(C)CC)[C@H]2O)[C@@H](O)[C@H](C)Cc1ccccc1. The highest BCUT2D eigenvalue weighted by molar-refractivity contribution is 5.98. The molecule has 2 fully saturated rings. The molecule has 3 rings (SSSR count). The van der Waals surface area contributed by atoms with Gasteiger partial charge >= 0.3 is 23.9 Å². The molecule has 0 aromatic heterocycles. The van der Waals surface area contributed by atoms with Gasteiger partial charge in [0.05, 0.1) is 18.6 Å². The van der Waals surface area contributed by atoms with E-state index in [0.717, 1.165) is 12.0 Å². The number of aliphatic hydroxyl groups excluding tert-OH is 3. The molecule has 262 valence electrons. The third-order valence-electron chi connectivity index (χ3n) is 9.52. The van der Waals surface area contributed by atoms with E-state index in [4.69, 9.17) is 14.2 Å². The number of rotatable bonds is 17. The predicted molar refractivity (Wildman–Crippen MR) is 163 cm³/mol. The maximum Gasteiger partial charge on any atom is 0.344 e. The minimum atomic E-state index is -3.92. The van der Waals surface area contributed by atoms with Crippen LogP contribution in [0.2, 0.25) is 0 Å². The number of aliphatic carboxylic acids is 3. The summed E-state index contributed by atoms with van der Waals surface area (Å²) in [5, 5.41) is 74.8. The lowest BCUT2D eigenvalue weighted by Crippen LogP contribution is -2.78. The van der Waals surface area contributed by atoms with Gasteiger partial charge in [-0.15, -0.1) is 0 Å². The van der Waals surface area contributed by atoms with Crippen LogP contribution in [0.5, 0.6) is 0 Å². The number of carbonyl (C=O) groups is 4. The van der Waals surface area contributed by atoms with Gasteiger partial charge in [0.25, 0.3) is 0 Å². The molecule has 2 bridgehead atoms. The Morgan fingerprint density at radius 3 is 2.15 bits per heavy atom. The lowest BCUT2D eigenvalue weighted by atomic mass is 9.74. The molecule has 1 aromatic carbocycles. The van der Waals surface area contributed by atoms with Crippen molar-refractivity contribution in [2.24, 2.45) is 17.8 Å². The molecule has 2 saturated heterocycles. The van der Waals surface area contributed by atoms with E-state index in [1.54, 1.807) is 13.8 Å². The summed E-state index contributed by atoms with van der Waals surface area (Å²) in [4.78, 5) is 50.7. The molecule has 0 spiro atoms. The monoisotopic (exact) mass is 666 g/mol. The molecule has 2 aliphatic heterocycles. The number of carboxylic acid groups (broad SMARTS) is 3. The molecular weight excluding hydrogens is 620 g/mol. The van der Waals surface area contributed by atoms with E-state index in [2.05, 4.69) is 6.58 Å². The Balaban J connectivity index is 1.95. The van der Waals surface area contributed by atoms with Crippen molar-refractivity contribution in [3.05, 3.63) is 48.0 Å². The zero-order valence-electron chi connectivity index (χ0n) is 26.9. The molecule has 1 aromatic rings. The summed E-state index contributed by atoms with van der Waals surface area (Å²) >= 11 is 0. The summed E-state index contributed by atoms with van der Waals surface area (Å²) in [6, 6.07) is 9.26. The standard InChI is InChI=1S/C33H46O14/c1-6-17(2)14-19(4)22(34)16-23(35)45-26-25(37)31(13-12-18(3)24(36)20(5)15-21-10-8-7-9-11-21)46-27(28(38)39)32(44,29(40)41)33(26,47-31)30(42)43/h7-11,17,19-20,22,24-27,34,36-37,44H,3,6,12-16H2,1-2,4-5H3,(H,38,39)(H,40,41)(H,42,43)/t17?,19?,20-,22?,24-,25-,26-,27-,31+,32-,33+/m1/s1. The molecule has 0 amide bonds. The molecule has 0 saturated carbocycles. The number of ether oxygens (including phenoxy) is 3. The molecule has 14 nitrogen and oxygen atoms in total. The van der Waals surface area contributed by atoms with Crippen LogP contribution in [0.25, 0.3) is 0 Å². The van der Waals surface area contributed by atoms with Gasteiger partial charge in [-0.05, 0) is 48.2 Å². The largest absolute Gasteiger partial charge is 0.479 e. The minimum absolute atomic E-state index is 0.174. The Labute approximate surface area is 272 Å². The highest BCUT2D eigenvalue weighted by Gasteiger charge is 2.85. The number of esters is 1. The summed E-state index contributed by atoms with van der Waals surface area (Å²) in [7, 11) is 0. The Kier molecular flexibility index (Phi) is 12.0. The van der Waals surface area contributed by atoms with Crippen LogP contribution in [0.3, 0.4) is 0 Å². The van der Waals surface area contributed by atoms with E-state index < -0.39 is 90.1 Å². The number of aliphatic hydroxyl groups is 4. The van der Waals surface area contributed by atoms with Crippen LogP contribution in [0.4, 0.5) is 0 Å². The third kappa shape index (κ3) is 7.22. The van der Waals surface area contributed by atoms with Gasteiger partial charge < -0.3 is 50.0 Å². The average Bonchev–Trinajstić information content (AvgIpc) is 3.23. The lowest BCUT2D eigenvalue weighted by Gasteiger charge is -2.48. The van der Waals surface area contributed by atoms with E-state index >= 15 is 0 Å². The van der Waals surface area contributed by atoms with Gasteiger partial charge in [0.1, 0.15) is 6.10 Å². The highest BCUT2D eigenvalue weighted by atomic mass is 16.8. The minimum Gasteiger partial charge on any atom is -0.479 e. The molecule has 0 aliphatic carbocycles. The van der Waals surface area contributed by atoms with Gasteiger partial charge in [0.2, 0.25) is 23.1 Å². The maximum atomic E-state index is 13.1. The molecule has 11 atom stereocenters. The predicted octanol–water partition coefficient (Wildman–Crippen LogP) is 1.51. The molecule has 2 heterocycles. The van der Waals surface area contributed by atoms with Crippen LogP contribution in [0, 0.1) is 17.8 Å². The molecular formula is C33H46O14. The lowest BCUT2D eigenvalue weighted by molar-refractivity contribution is -0.374. The van der Waals surface area contributed by atoms with Gasteiger partial charge in [-0.3, -0.25) is 4.79 Å². The van der Waals surface area contributed by atoms with E-state index in [0.29, 0.717) is 12.8 Å². The van der Waals surface area contributed by atoms with Crippen molar-refractivity contribution in [2.75, 3.05) is 0 Å². The number of carboxylic acids is 3. The number of hydrogen-bond acceptors (Lipinski definition) is 11. The third-order valence-corrected chi connectivity index (χ3v) is 9.52. The first-order valence-corrected chi connectivity index (χ1v) is 15.6. The number of fused-ring (bicyclic) bond motifs is 2. The Morgan fingerprint density at radius 1 is 1.00 bits per heavy atom. The van der Waals surface area contributed by atoms with Crippen molar-refractivity contribution >= 4 is 23.9 Å². The normalized spacial score (nSPS) is 31.6. The van der Waals surface area contributed by atoms with E-state index in [-0.39, 0.29) is 23.8 Å². The number of hydrogen-bond donors (Lipinski definition) is 7. The average molecular weight is 667 g/mol. The maximum absolute atomic E-state index is 13.1. The second-order valence-corrected chi connectivity index (χ2v) is 13.0. The van der Waals surface area contributed by atoms with Crippen LogP contribution >= 0.6 is 0 Å². The van der Waals surface area contributed by atoms with Crippen molar-refractivity contribution in [2.45, 2.75) is 114 Å². The quantitative estimate of drug-likeness (QED) is 0.0922. The summed E-state index contributed by atoms with van der Waals surface area (Å²) in [6.07, 6.45) is -9.80. The summed E-state index contributed by atoms with van der Waals surface area (Å²) in [5.41, 5.74) is -6.39. The van der Waals surface area contributed by atoms with Gasteiger partial charge in [-0.25, -0.2) is 14.4 Å². The Hall–Kier alpha value is -3.40. The first-order chi connectivity index (χ1) is 21.9. The summed E-state index contributed by atoms with van der Waals surface area (Å²) in [6.45, 7) is 11.2. The molecule has 14 heteroatoms. The van der Waals surface area contributed by atoms with E-state index in [9.17, 15) is 54.9 Å². The van der Waals surface area contributed by atoms with Crippen LogP contribution in [0.15, 0.2) is 42.5 Å². The van der Waals surface area contributed by atoms with Crippen LogP contribution in [0.1, 0.15) is 65.4 Å². The van der Waals surface area contributed by atoms with Crippen molar-refractivity contribution in [3.63, 3.8) is 0 Å². The van der Waals surface area contributed by atoms with Gasteiger partial charge in [0, 0.05) is 6.42 Å². The second kappa shape index (κ2) is 14.8. The fourth-order valence-electron chi connectivity index (χ4n) is 6.45. The topological polar surface area (TPSA) is 238 Å². The summed E-state index contributed by atoms with van der Waals surface area (Å²) < 4.78 is 16.3. The first kappa shape index (κ1) is 38.1. The first-order valence-electron chi connectivity index (χ1n) is 15.6. The van der Waals surface area contributed by atoms with Gasteiger partial charge in [0.15, 0.2) is 6.10 Å². The molecule has 0 radical (unpaired) electrons. The Bertz CT molecular complexity index is 1320. The zero-order valence-corrected chi connectivity index (χ0v) is 26.9. The molecule has 3 unspecified atom stereocenters. The summed E-state index contributed by atoms with van der Waals surface area (Å²) in [5.74, 6) is -11.2.